The van der Waals surface area contributed by atoms with Gasteiger partial charge in [-0.3, -0.25) is 9.59 Å². The van der Waals surface area contributed by atoms with Crippen molar-refractivity contribution in [2.24, 2.45) is 5.92 Å². The monoisotopic (exact) mass is 252 g/mol. The zero-order valence-corrected chi connectivity index (χ0v) is 10.2. The number of amides is 1. The van der Waals surface area contributed by atoms with Crippen LogP contribution in [-0.2, 0) is 22.7 Å². The second kappa shape index (κ2) is 5.16. The molecule has 0 spiro atoms. The molecule has 1 aromatic heterocycles. The van der Waals surface area contributed by atoms with Crippen LogP contribution in [0.15, 0.2) is 6.33 Å². The lowest BCUT2D eigenvalue weighted by Gasteiger charge is -2.15. The highest BCUT2D eigenvalue weighted by molar-refractivity contribution is 5.85. The Morgan fingerprint density at radius 1 is 1.61 bits per heavy atom. The maximum absolute atomic E-state index is 11.7. The van der Waals surface area contributed by atoms with Crippen LogP contribution >= 0.6 is 0 Å². The number of carboxylic acids is 1. The van der Waals surface area contributed by atoms with Gasteiger partial charge >= 0.3 is 5.97 Å². The summed E-state index contributed by atoms with van der Waals surface area (Å²) in [5.41, 5.74) is 0. The Morgan fingerprint density at radius 2 is 2.39 bits per heavy atom. The quantitative estimate of drug-likeness (QED) is 0.804. The number of likely N-dealkylation sites (tertiary alicyclic amines) is 1. The largest absolute Gasteiger partial charge is 0.481 e. The molecule has 1 fully saturated rings. The Bertz CT molecular complexity index is 457. The first-order valence-corrected chi connectivity index (χ1v) is 5.99. The van der Waals surface area contributed by atoms with E-state index >= 15 is 0 Å². The van der Waals surface area contributed by atoms with Gasteiger partial charge in [-0.15, -0.1) is 10.2 Å². The van der Waals surface area contributed by atoms with Crippen LogP contribution in [0.4, 0.5) is 0 Å². The average molecular weight is 252 g/mol. The summed E-state index contributed by atoms with van der Waals surface area (Å²) >= 11 is 0. The van der Waals surface area contributed by atoms with Crippen LogP contribution in [0.2, 0.25) is 0 Å². The fraction of sp³-hybridized carbons (Fsp3) is 0.636. The standard InChI is InChI=1S/C11H16N4O3/c1-2-3-14-7-12-13-9(14)6-15-5-8(11(17)18)4-10(15)16/h7-8H,2-6H2,1H3,(H,17,18)/t8-/m0/s1. The number of aliphatic carboxylic acids is 1. The summed E-state index contributed by atoms with van der Waals surface area (Å²) in [5.74, 6) is -0.939. The molecule has 1 amide bonds. The molecule has 0 bridgehead atoms. The third kappa shape index (κ3) is 2.49. The lowest BCUT2D eigenvalue weighted by atomic mass is 10.1. The van der Waals surface area contributed by atoms with Crippen molar-refractivity contribution >= 4 is 11.9 Å². The number of hydrogen-bond acceptors (Lipinski definition) is 4. The summed E-state index contributed by atoms with van der Waals surface area (Å²) in [6, 6.07) is 0. The molecule has 1 saturated heterocycles. The molecule has 0 saturated carbocycles. The van der Waals surface area contributed by atoms with Crippen molar-refractivity contribution in [2.75, 3.05) is 6.54 Å². The van der Waals surface area contributed by atoms with Crippen molar-refractivity contribution in [2.45, 2.75) is 32.9 Å². The number of carbonyl (C=O) groups is 2. The number of aryl methyl sites for hydroxylation is 1. The molecular formula is C11H16N4O3. The second-order valence-electron chi connectivity index (χ2n) is 4.45. The topological polar surface area (TPSA) is 88.3 Å². The molecule has 7 heteroatoms. The van der Waals surface area contributed by atoms with Gasteiger partial charge in [-0.2, -0.15) is 0 Å². The second-order valence-corrected chi connectivity index (χ2v) is 4.45. The average Bonchev–Trinajstić information content (AvgIpc) is 2.89. The summed E-state index contributed by atoms with van der Waals surface area (Å²) in [4.78, 5) is 24.1. The molecule has 2 heterocycles. The Morgan fingerprint density at radius 3 is 3.00 bits per heavy atom. The minimum Gasteiger partial charge on any atom is -0.481 e. The predicted molar refractivity (Wildman–Crippen MR) is 61.5 cm³/mol. The highest BCUT2D eigenvalue weighted by atomic mass is 16.4. The predicted octanol–water partition coefficient (Wildman–Crippen LogP) is 0.121. The summed E-state index contributed by atoms with van der Waals surface area (Å²) < 4.78 is 1.89. The smallest absolute Gasteiger partial charge is 0.308 e. The van der Waals surface area contributed by atoms with Gasteiger partial charge < -0.3 is 14.6 Å². The van der Waals surface area contributed by atoms with E-state index in [0.29, 0.717) is 12.4 Å². The van der Waals surface area contributed by atoms with Gasteiger partial charge in [-0.25, -0.2) is 0 Å². The van der Waals surface area contributed by atoms with Crippen molar-refractivity contribution in [1.82, 2.24) is 19.7 Å². The van der Waals surface area contributed by atoms with E-state index in [1.165, 1.54) is 4.90 Å². The van der Waals surface area contributed by atoms with Gasteiger partial charge in [0.25, 0.3) is 0 Å². The number of hydrogen-bond donors (Lipinski definition) is 1. The molecule has 0 unspecified atom stereocenters. The molecule has 18 heavy (non-hydrogen) atoms. The van der Waals surface area contributed by atoms with E-state index < -0.39 is 11.9 Å². The van der Waals surface area contributed by atoms with Gasteiger partial charge in [-0.05, 0) is 6.42 Å². The zero-order valence-electron chi connectivity index (χ0n) is 10.2. The van der Waals surface area contributed by atoms with Crippen LogP contribution in [0.1, 0.15) is 25.6 Å². The molecule has 0 aliphatic carbocycles. The Labute approximate surface area is 104 Å². The van der Waals surface area contributed by atoms with Crippen LogP contribution < -0.4 is 0 Å². The summed E-state index contributed by atoms with van der Waals surface area (Å²) in [6.07, 6.45) is 2.67. The van der Waals surface area contributed by atoms with E-state index in [-0.39, 0.29) is 18.9 Å². The lowest BCUT2D eigenvalue weighted by molar-refractivity contribution is -0.141. The van der Waals surface area contributed by atoms with Crippen molar-refractivity contribution in [1.29, 1.82) is 0 Å². The highest BCUT2D eigenvalue weighted by Gasteiger charge is 2.34. The van der Waals surface area contributed by atoms with Crippen molar-refractivity contribution in [3.63, 3.8) is 0 Å². The van der Waals surface area contributed by atoms with Crippen LogP contribution in [0.5, 0.6) is 0 Å². The fourth-order valence-electron chi connectivity index (χ4n) is 2.09. The number of nitrogens with zero attached hydrogens (tertiary/aromatic N) is 4. The minimum absolute atomic E-state index is 0.0806. The van der Waals surface area contributed by atoms with E-state index in [4.69, 9.17) is 5.11 Å². The van der Waals surface area contributed by atoms with Crippen LogP contribution in [-0.4, -0.2) is 43.2 Å². The number of rotatable bonds is 5. The van der Waals surface area contributed by atoms with Crippen molar-refractivity contribution < 1.29 is 14.7 Å². The third-order valence-corrected chi connectivity index (χ3v) is 3.06. The Kier molecular flexibility index (Phi) is 3.59. The first-order valence-electron chi connectivity index (χ1n) is 5.99. The summed E-state index contributed by atoms with van der Waals surface area (Å²) in [5, 5.41) is 16.7. The zero-order chi connectivity index (χ0) is 13.1. The lowest BCUT2D eigenvalue weighted by Crippen LogP contribution is -2.27. The van der Waals surface area contributed by atoms with Crippen LogP contribution in [0.3, 0.4) is 0 Å². The molecule has 2 rings (SSSR count). The first kappa shape index (κ1) is 12.5. The van der Waals surface area contributed by atoms with Crippen molar-refractivity contribution in [3.8, 4) is 0 Å². The summed E-state index contributed by atoms with van der Waals surface area (Å²) in [7, 11) is 0. The van der Waals surface area contributed by atoms with E-state index in [1.807, 2.05) is 11.5 Å². The van der Waals surface area contributed by atoms with Gasteiger partial charge in [0.2, 0.25) is 5.91 Å². The van der Waals surface area contributed by atoms with Crippen LogP contribution in [0, 0.1) is 5.92 Å². The molecule has 98 valence electrons. The number of carbonyl (C=O) groups excluding carboxylic acids is 1. The van der Waals surface area contributed by atoms with E-state index in [0.717, 1.165) is 13.0 Å². The van der Waals surface area contributed by atoms with Gasteiger partial charge in [0.15, 0.2) is 5.82 Å². The molecule has 7 nitrogen and oxygen atoms in total. The van der Waals surface area contributed by atoms with Crippen LogP contribution in [0.25, 0.3) is 0 Å². The molecule has 1 N–H and O–H groups in total. The molecule has 0 radical (unpaired) electrons. The maximum atomic E-state index is 11.7. The molecule has 1 aromatic rings. The number of aromatic nitrogens is 3. The third-order valence-electron chi connectivity index (χ3n) is 3.06. The van der Waals surface area contributed by atoms with E-state index in [9.17, 15) is 9.59 Å². The maximum Gasteiger partial charge on any atom is 0.308 e. The van der Waals surface area contributed by atoms with E-state index in [2.05, 4.69) is 10.2 Å². The molecule has 1 aliphatic heterocycles. The Hall–Kier alpha value is -1.92. The number of carboxylic acid groups (broad SMARTS) is 1. The Balaban J connectivity index is 2.03. The van der Waals surface area contributed by atoms with Gasteiger partial charge in [0.05, 0.1) is 12.5 Å². The minimum atomic E-state index is -0.916. The van der Waals surface area contributed by atoms with Gasteiger partial charge in [0, 0.05) is 19.5 Å². The molecule has 0 aromatic carbocycles. The van der Waals surface area contributed by atoms with E-state index in [1.54, 1.807) is 6.33 Å². The van der Waals surface area contributed by atoms with Gasteiger partial charge in [-0.1, -0.05) is 6.92 Å². The van der Waals surface area contributed by atoms with Gasteiger partial charge in [0.1, 0.15) is 6.33 Å². The highest BCUT2D eigenvalue weighted by Crippen LogP contribution is 2.19. The molecule has 1 atom stereocenters. The molecular weight excluding hydrogens is 236 g/mol. The summed E-state index contributed by atoms with van der Waals surface area (Å²) in [6.45, 7) is 3.44. The SMILES string of the molecule is CCCn1cnnc1CN1C[C@@H](C(=O)O)CC1=O. The molecule has 1 aliphatic rings. The first-order chi connectivity index (χ1) is 8.61. The normalized spacial score (nSPS) is 19.5. The fourth-order valence-corrected chi connectivity index (χ4v) is 2.09. The van der Waals surface area contributed by atoms with Crippen molar-refractivity contribution in [3.05, 3.63) is 12.2 Å².